The van der Waals surface area contributed by atoms with Gasteiger partial charge in [0.1, 0.15) is 5.65 Å². The van der Waals surface area contributed by atoms with Crippen molar-refractivity contribution in [2.75, 3.05) is 20.3 Å². The third kappa shape index (κ3) is 2.87. The number of nitrogens with one attached hydrogen (secondary N) is 1. The second-order valence-electron chi connectivity index (χ2n) is 4.17. The number of amides is 1. The van der Waals surface area contributed by atoms with Gasteiger partial charge in [0.15, 0.2) is 0 Å². The number of rotatable bonds is 5. The number of nitrogens with zero attached hydrogens (tertiary/aromatic N) is 2. The topological polar surface area (TPSA) is 55.6 Å². The van der Waals surface area contributed by atoms with E-state index >= 15 is 0 Å². The molecule has 0 unspecified atom stereocenters. The van der Waals surface area contributed by atoms with Gasteiger partial charge in [-0.25, -0.2) is 4.98 Å². The van der Waals surface area contributed by atoms with Crippen LogP contribution in [0.25, 0.3) is 5.65 Å². The number of hydrogen-bond donors (Lipinski definition) is 1. The molecule has 0 saturated carbocycles. The highest BCUT2D eigenvalue weighted by Gasteiger charge is 2.06. The van der Waals surface area contributed by atoms with Crippen molar-refractivity contribution in [3.8, 4) is 0 Å². The highest BCUT2D eigenvalue weighted by molar-refractivity contribution is 5.94. The summed E-state index contributed by atoms with van der Waals surface area (Å²) in [6, 6.07) is 3.58. The van der Waals surface area contributed by atoms with Gasteiger partial charge in [-0.3, -0.25) is 4.79 Å². The van der Waals surface area contributed by atoms with Crippen molar-refractivity contribution in [2.24, 2.45) is 0 Å². The Kier molecular flexibility index (Phi) is 3.94. The Morgan fingerprint density at radius 2 is 2.39 bits per heavy atom. The molecule has 2 aromatic rings. The lowest BCUT2D eigenvalue weighted by atomic mass is 10.2. The van der Waals surface area contributed by atoms with Gasteiger partial charge >= 0.3 is 0 Å². The molecule has 1 amide bonds. The van der Waals surface area contributed by atoms with E-state index < -0.39 is 0 Å². The van der Waals surface area contributed by atoms with Crippen molar-refractivity contribution in [1.29, 1.82) is 0 Å². The van der Waals surface area contributed by atoms with Crippen LogP contribution >= 0.6 is 0 Å². The minimum absolute atomic E-state index is 0.0748. The number of pyridine rings is 1. The first-order chi connectivity index (χ1) is 8.70. The number of carbonyl (C=O) groups is 1. The maximum Gasteiger partial charge on any atom is 0.251 e. The molecule has 0 atom stereocenters. The molecule has 5 heteroatoms. The fourth-order valence-electron chi connectivity index (χ4n) is 1.77. The van der Waals surface area contributed by atoms with Crippen LogP contribution in [0.15, 0.2) is 24.5 Å². The van der Waals surface area contributed by atoms with Gasteiger partial charge in [0.2, 0.25) is 0 Å². The molecule has 0 aliphatic heterocycles. The average Bonchev–Trinajstić information content (AvgIpc) is 2.73. The van der Waals surface area contributed by atoms with Crippen molar-refractivity contribution in [1.82, 2.24) is 14.7 Å². The molecule has 1 N–H and O–H groups in total. The number of methoxy groups -OCH3 is 1. The number of ether oxygens (including phenoxy) is 1. The normalized spacial score (nSPS) is 10.8. The molecule has 0 fully saturated rings. The molecule has 0 saturated heterocycles. The molecule has 2 heterocycles. The van der Waals surface area contributed by atoms with Gasteiger partial charge < -0.3 is 14.5 Å². The molecular weight excluding hydrogens is 230 g/mol. The Bertz CT molecular complexity index is 548. The largest absolute Gasteiger partial charge is 0.385 e. The van der Waals surface area contributed by atoms with E-state index in [0.717, 1.165) is 17.8 Å². The van der Waals surface area contributed by atoms with Gasteiger partial charge in [-0.2, -0.15) is 0 Å². The Morgan fingerprint density at radius 3 is 3.17 bits per heavy atom. The summed E-state index contributed by atoms with van der Waals surface area (Å²) >= 11 is 0. The summed E-state index contributed by atoms with van der Waals surface area (Å²) in [6.07, 6.45) is 4.59. The Morgan fingerprint density at radius 1 is 1.56 bits per heavy atom. The van der Waals surface area contributed by atoms with Crippen LogP contribution in [-0.4, -0.2) is 35.6 Å². The molecule has 2 rings (SSSR count). The maximum absolute atomic E-state index is 11.9. The van der Waals surface area contributed by atoms with E-state index in [-0.39, 0.29) is 5.91 Å². The third-order valence-electron chi connectivity index (χ3n) is 2.65. The third-order valence-corrected chi connectivity index (χ3v) is 2.65. The summed E-state index contributed by atoms with van der Waals surface area (Å²) in [4.78, 5) is 16.2. The van der Waals surface area contributed by atoms with Gasteiger partial charge in [-0.05, 0) is 25.5 Å². The quantitative estimate of drug-likeness (QED) is 0.813. The van der Waals surface area contributed by atoms with Crippen LogP contribution in [0.1, 0.15) is 22.5 Å². The van der Waals surface area contributed by atoms with E-state index in [1.54, 1.807) is 19.2 Å². The molecule has 0 radical (unpaired) electrons. The highest BCUT2D eigenvalue weighted by atomic mass is 16.5. The lowest BCUT2D eigenvalue weighted by Gasteiger charge is -2.05. The van der Waals surface area contributed by atoms with Crippen LogP contribution in [-0.2, 0) is 4.74 Å². The van der Waals surface area contributed by atoms with Gasteiger partial charge in [-0.15, -0.1) is 0 Å². The van der Waals surface area contributed by atoms with Crippen LogP contribution in [0.2, 0.25) is 0 Å². The van der Waals surface area contributed by atoms with Crippen LogP contribution in [0, 0.1) is 6.92 Å². The zero-order chi connectivity index (χ0) is 13.0. The smallest absolute Gasteiger partial charge is 0.251 e. The predicted octanol–water partition coefficient (Wildman–Crippen LogP) is 1.41. The van der Waals surface area contributed by atoms with Crippen molar-refractivity contribution < 1.29 is 9.53 Å². The number of aryl methyl sites for hydroxylation is 1. The van der Waals surface area contributed by atoms with Crippen molar-refractivity contribution in [3.05, 3.63) is 35.8 Å². The summed E-state index contributed by atoms with van der Waals surface area (Å²) in [5.41, 5.74) is 2.36. The second kappa shape index (κ2) is 5.64. The Labute approximate surface area is 106 Å². The lowest BCUT2D eigenvalue weighted by molar-refractivity contribution is 0.0948. The van der Waals surface area contributed by atoms with Gasteiger partial charge in [-0.1, -0.05) is 0 Å². The fraction of sp³-hybridized carbons (Fsp3) is 0.385. The summed E-state index contributed by atoms with van der Waals surface area (Å²) < 4.78 is 6.82. The van der Waals surface area contributed by atoms with E-state index in [0.29, 0.717) is 18.7 Å². The summed E-state index contributed by atoms with van der Waals surface area (Å²) in [5, 5.41) is 2.85. The number of fused-ring (bicyclic) bond motifs is 1. The molecule has 0 aliphatic carbocycles. The molecular formula is C13H17N3O2. The summed E-state index contributed by atoms with van der Waals surface area (Å²) in [6.45, 7) is 3.20. The second-order valence-corrected chi connectivity index (χ2v) is 4.17. The fourth-order valence-corrected chi connectivity index (χ4v) is 1.77. The first-order valence-corrected chi connectivity index (χ1v) is 5.93. The molecule has 96 valence electrons. The standard InChI is InChI=1S/C13H17N3O2/c1-10-9-16-6-4-11(8-12(16)15-10)13(17)14-5-3-7-18-2/h4,6,8-9H,3,5,7H2,1-2H3,(H,14,17). The highest BCUT2D eigenvalue weighted by Crippen LogP contribution is 2.07. The first kappa shape index (κ1) is 12.6. The number of hydrogen-bond acceptors (Lipinski definition) is 3. The number of aromatic nitrogens is 2. The van der Waals surface area contributed by atoms with E-state index in [1.807, 2.05) is 23.7 Å². The molecule has 2 aromatic heterocycles. The first-order valence-electron chi connectivity index (χ1n) is 5.93. The summed E-state index contributed by atoms with van der Waals surface area (Å²) in [7, 11) is 1.65. The zero-order valence-electron chi connectivity index (χ0n) is 10.6. The lowest BCUT2D eigenvalue weighted by Crippen LogP contribution is -2.25. The van der Waals surface area contributed by atoms with Gasteiger partial charge in [0.05, 0.1) is 5.69 Å². The molecule has 5 nitrogen and oxygen atoms in total. The van der Waals surface area contributed by atoms with Crippen molar-refractivity contribution in [3.63, 3.8) is 0 Å². The average molecular weight is 247 g/mol. The monoisotopic (exact) mass is 247 g/mol. The van der Waals surface area contributed by atoms with Crippen LogP contribution < -0.4 is 5.32 Å². The van der Waals surface area contributed by atoms with E-state index in [2.05, 4.69) is 10.3 Å². The van der Waals surface area contributed by atoms with Crippen molar-refractivity contribution in [2.45, 2.75) is 13.3 Å². The zero-order valence-corrected chi connectivity index (χ0v) is 10.6. The molecule has 18 heavy (non-hydrogen) atoms. The summed E-state index contributed by atoms with van der Waals surface area (Å²) in [5.74, 6) is -0.0748. The maximum atomic E-state index is 11.9. The minimum Gasteiger partial charge on any atom is -0.385 e. The van der Waals surface area contributed by atoms with Crippen LogP contribution in [0.5, 0.6) is 0 Å². The molecule has 0 aliphatic rings. The van der Waals surface area contributed by atoms with E-state index in [4.69, 9.17) is 4.74 Å². The molecule has 0 bridgehead atoms. The van der Waals surface area contributed by atoms with Crippen molar-refractivity contribution >= 4 is 11.6 Å². The van der Waals surface area contributed by atoms with Crippen LogP contribution in [0.4, 0.5) is 0 Å². The van der Waals surface area contributed by atoms with E-state index in [9.17, 15) is 4.79 Å². The Balaban J connectivity index is 2.03. The van der Waals surface area contributed by atoms with Gasteiger partial charge in [0.25, 0.3) is 5.91 Å². The van der Waals surface area contributed by atoms with Crippen LogP contribution in [0.3, 0.4) is 0 Å². The predicted molar refractivity (Wildman–Crippen MR) is 68.8 cm³/mol. The minimum atomic E-state index is -0.0748. The Hall–Kier alpha value is -1.88. The van der Waals surface area contributed by atoms with E-state index in [1.165, 1.54) is 0 Å². The molecule has 0 aromatic carbocycles. The SMILES string of the molecule is COCCCNC(=O)c1ccn2cc(C)nc2c1. The molecule has 0 spiro atoms. The number of carbonyl (C=O) groups excluding carboxylic acids is 1. The van der Waals surface area contributed by atoms with Gasteiger partial charge in [0, 0.05) is 38.2 Å². The number of imidazole rings is 1.